The predicted octanol–water partition coefficient (Wildman–Crippen LogP) is 3.19. The van der Waals surface area contributed by atoms with Crippen molar-refractivity contribution in [2.75, 3.05) is 14.2 Å². The van der Waals surface area contributed by atoms with Crippen LogP contribution in [0.1, 0.15) is 31.2 Å². The Morgan fingerprint density at radius 2 is 2.14 bits per heavy atom. The van der Waals surface area contributed by atoms with Gasteiger partial charge in [-0.25, -0.2) is 0 Å². The molecule has 0 aliphatic heterocycles. The van der Waals surface area contributed by atoms with Crippen LogP contribution in [0.3, 0.4) is 0 Å². The SMILES string of the molecule is COc1ccccc1CN(C)C(=S)N[C@@H]1C[C@H]2CC[C@@H]1C2. The van der Waals surface area contributed by atoms with Gasteiger partial charge in [0.1, 0.15) is 5.75 Å². The van der Waals surface area contributed by atoms with Crippen LogP contribution in [0.25, 0.3) is 0 Å². The standard InChI is InChI=1S/C17H24N2OS/c1-19(11-14-5-3-4-6-16(14)20-2)17(21)18-15-10-12-7-8-13(15)9-12/h3-6,12-13,15H,7-11H2,1-2H3,(H,18,21)/t12-,13+,15+/m0/s1. The second-order valence-corrected chi connectivity index (χ2v) is 6.79. The van der Waals surface area contributed by atoms with E-state index in [1.165, 1.54) is 31.2 Å². The van der Waals surface area contributed by atoms with Crippen molar-refractivity contribution in [3.8, 4) is 5.75 Å². The molecule has 0 radical (unpaired) electrons. The van der Waals surface area contributed by atoms with Crippen molar-refractivity contribution in [1.82, 2.24) is 10.2 Å². The molecule has 3 rings (SSSR count). The van der Waals surface area contributed by atoms with E-state index in [0.717, 1.165) is 29.2 Å². The number of thiocarbonyl (C=S) groups is 1. The highest BCUT2D eigenvalue weighted by molar-refractivity contribution is 7.80. The first-order chi connectivity index (χ1) is 10.2. The van der Waals surface area contributed by atoms with E-state index in [4.69, 9.17) is 17.0 Å². The molecule has 2 fully saturated rings. The number of ether oxygens (including phenoxy) is 1. The maximum atomic E-state index is 5.58. The Labute approximate surface area is 132 Å². The van der Waals surface area contributed by atoms with Crippen molar-refractivity contribution in [1.29, 1.82) is 0 Å². The van der Waals surface area contributed by atoms with Crippen LogP contribution in [0, 0.1) is 11.8 Å². The number of nitrogens with one attached hydrogen (secondary N) is 1. The molecule has 1 aromatic rings. The lowest BCUT2D eigenvalue weighted by Gasteiger charge is -2.29. The normalized spacial score (nSPS) is 26.7. The van der Waals surface area contributed by atoms with Crippen LogP contribution in [0.2, 0.25) is 0 Å². The van der Waals surface area contributed by atoms with Gasteiger partial charge in [-0.15, -0.1) is 0 Å². The number of methoxy groups -OCH3 is 1. The summed E-state index contributed by atoms with van der Waals surface area (Å²) in [6.07, 6.45) is 5.50. The fourth-order valence-corrected chi connectivity index (χ4v) is 4.07. The van der Waals surface area contributed by atoms with Crippen LogP contribution in [0.5, 0.6) is 5.75 Å². The van der Waals surface area contributed by atoms with Crippen molar-refractivity contribution >= 4 is 17.3 Å². The van der Waals surface area contributed by atoms with Gasteiger partial charge in [-0.05, 0) is 49.4 Å². The van der Waals surface area contributed by atoms with Gasteiger partial charge in [-0.2, -0.15) is 0 Å². The number of hydrogen-bond donors (Lipinski definition) is 1. The van der Waals surface area contributed by atoms with Gasteiger partial charge < -0.3 is 15.0 Å². The molecular formula is C17H24N2OS. The first kappa shape index (κ1) is 14.6. The summed E-state index contributed by atoms with van der Waals surface area (Å²) < 4.78 is 5.41. The Hall–Kier alpha value is -1.29. The lowest BCUT2D eigenvalue weighted by Crippen LogP contribution is -2.44. The summed E-state index contributed by atoms with van der Waals surface area (Å²) in [6.45, 7) is 0.774. The average molecular weight is 304 g/mol. The van der Waals surface area contributed by atoms with Crippen LogP contribution in [-0.2, 0) is 6.54 Å². The molecule has 1 N–H and O–H groups in total. The third-order valence-corrected chi connectivity index (χ3v) is 5.42. The molecule has 2 aliphatic rings. The van der Waals surface area contributed by atoms with Crippen molar-refractivity contribution in [3.63, 3.8) is 0 Å². The van der Waals surface area contributed by atoms with E-state index < -0.39 is 0 Å². The Kier molecular flexibility index (Phi) is 4.34. The summed E-state index contributed by atoms with van der Waals surface area (Å²) in [7, 11) is 3.76. The highest BCUT2D eigenvalue weighted by Gasteiger charge is 2.39. The third-order valence-electron chi connectivity index (χ3n) is 4.99. The average Bonchev–Trinajstić information content (AvgIpc) is 3.10. The molecule has 21 heavy (non-hydrogen) atoms. The molecule has 0 amide bonds. The number of rotatable bonds is 4. The Balaban J connectivity index is 1.57. The van der Waals surface area contributed by atoms with E-state index in [0.29, 0.717) is 6.04 Å². The maximum absolute atomic E-state index is 5.58. The van der Waals surface area contributed by atoms with Gasteiger partial charge in [0.15, 0.2) is 5.11 Å². The number of hydrogen-bond acceptors (Lipinski definition) is 2. The summed E-state index contributed by atoms with van der Waals surface area (Å²) >= 11 is 5.58. The van der Waals surface area contributed by atoms with E-state index in [-0.39, 0.29) is 0 Å². The number of nitrogens with zero attached hydrogens (tertiary/aromatic N) is 1. The molecule has 1 aromatic carbocycles. The highest BCUT2D eigenvalue weighted by atomic mass is 32.1. The number of benzene rings is 1. The molecule has 2 bridgehead atoms. The predicted molar refractivity (Wildman–Crippen MR) is 89.4 cm³/mol. The van der Waals surface area contributed by atoms with Crippen LogP contribution in [0.15, 0.2) is 24.3 Å². The minimum Gasteiger partial charge on any atom is -0.496 e. The molecule has 2 saturated carbocycles. The Morgan fingerprint density at radius 3 is 2.81 bits per heavy atom. The van der Waals surface area contributed by atoms with Crippen molar-refractivity contribution in [2.45, 2.75) is 38.3 Å². The lowest BCUT2D eigenvalue weighted by molar-refractivity contribution is 0.368. The molecular weight excluding hydrogens is 280 g/mol. The molecule has 3 atom stereocenters. The van der Waals surface area contributed by atoms with Gasteiger partial charge in [-0.3, -0.25) is 0 Å². The molecule has 0 aromatic heterocycles. The largest absolute Gasteiger partial charge is 0.496 e. The quantitative estimate of drug-likeness (QED) is 0.864. The topological polar surface area (TPSA) is 24.5 Å². The van der Waals surface area contributed by atoms with Crippen LogP contribution in [0.4, 0.5) is 0 Å². The van der Waals surface area contributed by atoms with Gasteiger partial charge in [0.05, 0.1) is 7.11 Å². The van der Waals surface area contributed by atoms with Crippen molar-refractivity contribution < 1.29 is 4.74 Å². The summed E-state index contributed by atoms with van der Waals surface area (Å²) in [4.78, 5) is 2.11. The summed E-state index contributed by atoms with van der Waals surface area (Å²) in [5.41, 5.74) is 1.17. The first-order valence-electron chi connectivity index (χ1n) is 7.81. The summed E-state index contributed by atoms with van der Waals surface area (Å²) in [5.74, 6) is 2.70. The monoisotopic (exact) mass is 304 g/mol. The van der Waals surface area contributed by atoms with E-state index in [1.807, 2.05) is 18.2 Å². The van der Waals surface area contributed by atoms with Gasteiger partial charge in [-0.1, -0.05) is 24.6 Å². The van der Waals surface area contributed by atoms with E-state index >= 15 is 0 Å². The van der Waals surface area contributed by atoms with Crippen LogP contribution < -0.4 is 10.1 Å². The van der Waals surface area contributed by atoms with E-state index in [9.17, 15) is 0 Å². The fourth-order valence-electron chi connectivity index (χ4n) is 3.85. The van der Waals surface area contributed by atoms with Gasteiger partial charge in [0.25, 0.3) is 0 Å². The molecule has 0 saturated heterocycles. The molecule has 0 unspecified atom stereocenters. The van der Waals surface area contributed by atoms with Crippen molar-refractivity contribution in [3.05, 3.63) is 29.8 Å². The Bertz CT molecular complexity index is 519. The second kappa shape index (κ2) is 6.22. The van der Waals surface area contributed by atoms with Crippen molar-refractivity contribution in [2.24, 2.45) is 11.8 Å². The van der Waals surface area contributed by atoms with Crippen LogP contribution >= 0.6 is 12.2 Å². The molecule has 4 heteroatoms. The smallest absolute Gasteiger partial charge is 0.169 e. The highest BCUT2D eigenvalue weighted by Crippen LogP contribution is 2.44. The molecule has 0 spiro atoms. The minimum atomic E-state index is 0.594. The molecule has 0 heterocycles. The number of fused-ring (bicyclic) bond motifs is 2. The van der Waals surface area contributed by atoms with Gasteiger partial charge >= 0.3 is 0 Å². The van der Waals surface area contributed by atoms with Gasteiger partial charge in [0.2, 0.25) is 0 Å². The second-order valence-electron chi connectivity index (χ2n) is 6.40. The zero-order chi connectivity index (χ0) is 14.8. The Morgan fingerprint density at radius 1 is 1.33 bits per heavy atom. The van der Waals surface area contributed by atoms with E-state index in [1.54, 1.807) is 7.11 Å². The zero-order valence-electron chi connectivity index (χ0n) is 12.8. The van der Waals surface area contributed by atoms with E-state index in [2.05, 4.69) is 23.3 Å². The summed E-state index contributed by atoms with van der Waals surface area (Å²) in [6, 6.07) is 8.72. The number of para-hydroxylation sites is 1. The summed E-state index contributed by atoms with van der Waals surface area (Å²) in [5, 5.41) is 4.44. The molecule has 114 valence electrons. The third kappa shape index (κ3) is 3.15. The minimum absolute atomic E-state index is 0.594. The van der Waals surface area contributed by atoms with Crippen LogP contribution in [-0.4, -0.2) is 30.2 Å². The first-order valence-corrected chi connectivity index (χ1v) is 8.21. The van der Waals surface area contributed by atoms with Gasteiger partial charge in [0, 0.05) is 25.2 Å². The molecule has 2 aliphatic carbocycles. The zero-order valence-corrected chi connectivity index (χ0v) is 13.7. The molecule has 3 nitrogen and oxygen atoms in total. The lowest BCUT2D eigenvalue weighted by atomic mass is 9.95. The maximum Gasteiger partial charge on any atom is 0.169 e. The fraction of sp³-hybridized carbons (Fsp3) is 0.588.